The highest BCUT2D eigenvalue weighted by atomic mass is 32.2. The molecule has 1 amide bonds. The van der Waals surface area contributed by atoms with E-state index < -0.39 is 23.2 Å². The van der Waals surface area contributed by atoms with Crippen LogP contribution in [0.25, 0.3) is 11.4 Å². The van der Waals surface area contributed by atoms with Gasteiger partial charge in [-0.15, -0.1) is 10.2 Å². The Morgan fingerprint density at radius 2 is 1.76 bits per heavy atom. The molecule has 0 unspecified atom stereocenters. The second kappa shape index (κ2) is 10.9. The van der Waals surface area contributed by atoms with Crippen LogP contribution in [0.3, 0.4) is 0 Å². The van der Waals surface area contributed by atoms with Crippen molar-refractivity contribution >= 4 is 23.4 Å². The van der Waals surface area contributed by atoms with E-state index in [0.29, 0.717) is 22.5 Å². The number of aromatic nitrogens is 3. The zero-order valence-electron chi connectivity index (χ0n) is 19.0. The van der Waals surface area contributed by atoms with Gasteiger partial charge in [0.1, 0.15) is 17.3 Å². The molecule has 1 aliphatic carbocycles. The monoisotopic (exact) mass is 488 g/mol. The summed E-state index contributed by atoms with van der Waals surface area (Å²) in [6.45, 7) is 0. The Morgan fingerprint density at radius 3 is 2.44 bits per heavy atom. The van der Waals surface area contributed by atoms with Crippen molar-refractivity contribution in [2.24, 2.45) is 0 Å². The number of rotatable bonds is 8. The van der Waals surface area contributed by atoms with E-state index in [2.05, 4.69) is 20.1 Å². The van der Waals surface area contributed by atoms with Gasteiger partial charge in [0.05, 0.1) is 20.0 Å². The zero-order valence-corrected chi connectivity index (χ0v) is 19.8. The fraction of sp³-hybridized carbons (Fsp3) is 0.375. The van der Waals surface area contributed by atoms with E-state index in [1.54, 1.807) is 14.2 Å². The molecule has 7 nitrogen and oxygen atoms in total. The minimum absolute atomic E-state index is 0.0649. The van der Waals surface area contributed by atoms with E-state index in [0.717, 1.165) is 43.4 Å². The van der Waals surface area contributed by atoms with Crippen LogP contribution in [0.2, 0.25) is 0 Å². The summed E-state index contributed by atoms with van der Waals surface area (Å²) in [7, 11) is 3.15. The van der Waals surface area contributed by atoms with Gasteiger partial charge in [-0.05, 0) is 43.2 Å². The third-order valence-electron chi connectivity index (χ3n) is 5.81. The minimum atomic E-state index is -0.820. The van der Waals surface area contributed by atoms with Gasteiger partial charge in [0.15, 0.2) is 22.5 Å². The lowest BCUT2D eigenvalue weighted by molar-refractivity contribution is -0.113. The van der Waals surface area contributed by atoms with Crippen molar-refractivity contribution in [1.29, 1.82) is 0 Å². The molecule has 0 saturated heterocycles. The van der Waals surface area contributed by atoms with Crippen LogP contribution in [0, 0.1) is 11.6 Å². The van der Waals surface area contributed by atoms with Crippen LogP contribution in [0.4, 0.5) is 14.5 Å². The number of anilines is 1. The predicted octanol–water partition coefficient (Wildman–Crippen LogP) is 5.48. The topological polar surface area (TPSA) is 78.3 Å². The lowest BCUT2D eigenvalue weighted by atomic mass is 9.95. The molecule has 2 aromatic carbocycles. The summed E-state index contributed by atoms with van der Waals surface area (Å²) in [5.74, 6) is -0.361. The second-order valence-corrected chi connectivity index (χ2v) is 8.91. The number of amides is 1. The van der Waals surface area contributed by atoms with Crippen molar-refractivity contribution in [3.8, 4) is 22.9 Å². The number of benzene rings is 2. The molecule has 34 heavy (non-hydrogen) atoms. The quantitative estimate of drug-likeness (QED) is 0.423. The first-order chi connectivity index (χ1) is 16.5. The molecular weight excluding hydrogens is 462 g/mol. The van der Waals surface area contributed by atoms with Crippen LogP contribution < -0.4 is 14.8 Å². The molecule has 3 aromatic rings. The Balaban J connectivity index is 1.59. The third-order valence-corrected chi connectivity index (χ3v) is 6.75. The molecule has 10 heteroatoms. The molecule has 0 spiro atoms. The van der Waals surface area contributed by atoms with Gasteiger partial charge < -0.3 is 14.8 Å². The number of thioether (sulfide) groups is 1. The zero-order chi connectivity index (χ0) is 24.1. The first-order valence-corrected chi connectivity index (χ1v) is 12.0. The largest absolute Gasteiger partial charge is 0.493 e. The Hall–Kier alpha value is -3.14. The van der Waals surface area contributed by atoms with Crippen LogP contribution in [0.5, 0.6) is 11.5 Å². The van der Waals surface area contributed by atoms with Crippen LogP contribution >= 0.6 is 11.8 Å². The molecule has 1 N–H and O–H groups in total. The summed E-state index contributed by atoms with van der Waals surface area (Å²) in [6.07, 6.45) is 5.36. The van der Waals surface area contributed by atoms with Crippen LogP contribution in [-0.2, 0) is 4.79 Å². The lowest BCUT2D eigenvalue weighted by Crippen LogP contribution is -2.18. The fourth-order valence-electron chi connectivity index (χ4n) is 4.14. The molecule has 180 valence electrons. The highest BCUT2D eigenvalue weighted by molar-refractivity contribution is 7.99. The smallest absolute Gasteiger partial charge is 0.235 e. The summed E-state index contributed by atoms with van der Waals surface area (Å²) in [4.78, 5) is 12.5. The molecular formula is C24H26F2N4O3S. The molecule has 1 aliphatic rings. The van der Waals surface area contributed by atoms with Gasteiger partial charge in [0, 0.05) is 11.6 Å². The highest BCUT2D eigenvalue weighted by Gasteiger charge is 2.25. The Labute approximate surface area is 200 Å². The number of halogens is 2. The molecule has 0 bridgehead atoms. The third kappa shape index (κ3) is 5.16. The number of nitrogens with zero attached hydrogens (tertiary/aromatic N) is 3. The summed E-state index contributed by atoms with van der Waals surface area (Å²) < 4.78 is 40.6. The van der Waals surface area contributed by atoms with Crippen molar-refractivity contribution in [3.05, 3.63) is 48.0 Å². The number of carbonyl (C=O) groups is 1. The molecule has 1 saturated carbocycles. The highest BCUT2D eigenvalue weighted by Crippen LogP contribution is 2.38. The van der Waals surface area contributed by atoms with E-state index in [4.69, 9.17) is 9.47 Å². The van der Waals surface area contributed by atoms with Gasteiger partial charge in [0.25, 0.3) is 0 Å². The van der Waals surface area contributed by atoms with E-state index in [-0.39, 0.29) is 11.8 Å². The number of methoxy groups -OCH3 is 2. The average molecular weight is 489 g/mol. The van der Waals surface area contributed by atoms with Gasteiger partial charge in [0.2, 0.25) is 5.91 Å². The average Bonchev–Trinajstić information content (AvgIpc) is 3.29. The molecule has 0 radical (unpaired) electrons. The van der Waals surface area contributed by atoms with Crippen molar-refractivity contribution < 1.29 is 23.0 Å². The molecule has 1 aromatic heterocycles. The van der Waals surface area contributed by atoms with Crippen LogP contribution in [-0.4, -0.2) is 40.6 Å². The standard InChI is InChI=1S/C24H26F2N4O3S/c1-32-19-12-11-15(13-20(19)33-2)23-28-29-24(30(23)16-7-4-3-5-8-16)34-14-21(31)27-22-17(25)9-6-10-18(22)26/h6,9-13,16H,3-5,7-8,14H2,1-2H3,(H,27,31). The molecule has 0 aliphatic heterocycles. The van der Waals surface area contributed by atoms with Gasteiger partial charge >= 0.3 is 0 Å². The summed E-state index contributed by atoms with van der Waals surface area (Å²) >= 11 is 1.19. The second-order valence-electron chi connectivity index (χ2n) is 7.97. The van der Waals surface area contributed by atoms with Crippen LogP contribution in [0.1, 0.15) is 38.1 Å². The lowest BCUT2D eigenvalue weighted by Gasteiger charge is -2.25. The summed E-state index contributed by atoms with van der Waals surface area (Å²) in [6, 6.07) is 9.20. The van der Waals surface area contributed by atoms with E-state index in [9.17, 15) is 13.6 Å². The fourth-order valence-corrected chi connectivity index (χ4v) is 4.94. The molecule has 0 atom stereocenters. The maximum absolute atomic E-state index is 13.9. The summed E-state index contributed by atoms with van der Waals surface area (Å²) in [5, 5.41) is 11.7. The van der Waals surface area contributed by atoms with E-state index in [1.165, 1.54) is 24.2 Å². The number of ether oxygens (including phenoxy) is 2. The Morgan fingerprint density at radius 1 is 1.06 bits per heavy atom. The van der Waals surface area contributed by atoms with Crippen molar-refractivity contribution in [2.75, 3.05) is 25.3 Å². The predicted molar refractivity (Wildman–Crippen MR) is 126 cm³/mol. The molecule has 1 fully saturated rings. The number of carbonyl (C=O) groups excluding carboxylic acids is 1. The van der Waals surface area contributed by atoms with Crippen LogP contribution in [0.15, 0.2) is 41.6 Å². The van der Waals surface area contributed by atoms with Crippen molar-refractivity contribution in [1.82, 2.24) is 14.8 Å². The first-order valence-electron chi connectivity index (χ1n) is 11.1. The maximum atomic E-state index is 13.9. The van der Waals surface area contributed by atoms with Crippen molar-refractivity contribution in [3.63, 3.8) is 0 Å². The number of nitrogens with one attached hydrogen (secondary N) is 1. The Kier molecular flexibility index (Phi) is 7.66. The SMILES string of the molecule is COc1ccc(-c2nnc(SCC(=O)Nc3c(F)cccc3F)n2C2CCCCC2)cc1OC. The van der Waals surface area contributed by atoms with E-state index in [1.807, 2.05) is 18.2 Å². The van der Waals surface area contributed by atoms with E-state index >= 15 is 0 Å². The van der Waals surface area contributed by atoms with Gasteiger partial charge in [-0.2, -0.15) is 0 Å². The number of para-hydroxylation sites is 1. The molecule has 4 rings (SSSR count). The van der Waals surface area contributed by atoms with Gasteiger partial charge in [-0.25, -0.2) is 8.78 Å². The first kappa shape index (κ1) is 24.0. The van der Waals surface area contributed by atoms with Gasteiger partial charge in [-0.1, -0.05) is 37.1 Å². The minimum Gasteiger partial charge on any atom is -0.493 e. The normalized spacial score (nSPS) is 14.1. The Bertz CT molecular complexity index is 1140. The number of hydrogen-bond acceptors (Lipinski definition) is 6. The molecule has 1 heterocycles. The summed E-state index contributed by atoms with van der Waals surface area (Å²) in [5.41, 5.74) is 0.369. The van der Waals surface area contributed by atoms with Crippen molar-refractivity contribution in [2.45, 2.75) is 43.3 Å². The number of hydrogen-bond donors (Lipinski definition) is 1. The maximum Gasteiger partial charge on any atom is 0.235 e. The van der Waals surface area contributed by atoms with Gasteiger partial charge in [-0.3, -0.25) is 9.36 Å².